The van der Waals surface area contributed by atoms with Crippen LogP contribution in [0.2, 0.25) is 0 Å². The summed E-state index contributed by atoms with van der Waals surface area (Å²) in [7, 11) is 3.10. The number of rotatable bonds is 7. The highest BCUT2D eigenvalue weighted by Crippen LogP contribution is 2.46. The van der Waals surface area contributed by atoms with Crippen LogP contribution in [0.3, 0.4) is 0 Å². The summed E-state index contributed by atoms with van der Waals surface area (Å²) in [5.41, 5.74) is 2.36. The lowest BCUT2D eigenvalue weighted by molar-refractivity contribution is 0.0801. The summed E-state index contributed by atoms with van der Waals surface area (Å²) in [6.07, 6.45) is -0.626. The summed E-state index contributed by atoms with van der Waals surface area (Å²) in [4.78, 5) is 29.5. The molecule has 2 aromatic rings. The Morgan fingerprint density at radius 2 is 1.74 bits per heavy atom. The molecule has 8 nitrogen and oxygen atoms in total. The van der Waals surface area contributed by atoms with Crippen LogP contribution in [0.4, 0.5) is 15.3 Å². The number of fused-ring (bicyclic) bond motifs is 1. The zero-order valence-electron chi connectivity index (χ0n) is 20.7. The van der Waals surface area contributed by atoms with Gasteiger partial charge in [0.25, 0.3) is 0 Å². The average molecular weight is 471 g/mol. The Labute approximate surface area is 201 Å². The number of methoxy groups -OCH3 is 2. The molecule has 0 bridgehead atoms. The molecule has 2 amide bonds. The molecule has 8 heteroatoms. The topological polar surface area (TPSA) is 77.5 Å². The summed E-state index contributed by atoms with van der Waals surface area (Å²) >= 11 is 0. The molecule has 1 aliphatic heterocycles. The quantitative estimate of drug-likeness (QED) is 0.528. The van der Waals surface area contributed by atoms with Gasteiger partial charge in [-0.3, -0.25) is 9.80 Å². The summed E-state index contributed by atoms with van der Waals surface area (Å²) in [6.45, 7) is 7.98. The lowest BCUT2D eigenvalue weighted by atomic mass is 9.90. The number of benzene rings is 2. The highest BCUT2D eigenvalue weighted by Gasteiger charge is 2.40. The molecule has 0 aromatic heterocycles. The third kappa shape index (κ3) is 5.38. The van der Waals surface area contributed by atoms with E-state index >= 15 is 0 Å². The van der Waals surface area contributed by atoms with Crippen LogP contribution in [-0.4, -0.2) is 50.1 Å². The van der Waals surface area contributed by atoms with Crippen LogP contribution in [0, 0.1) is 0 Å². The fourth-order valence-electron chi connectivity index (χ4n) is 4.27. The van der Waals surface area contributed by atoms with E-state index in [4.69, 9.17) is 18.9 Å². The van der Waals surface area contributed by atoms with Crippen molar-refractivity contribution >= 4 is 17.9 Å². The maximum atomic E-state index is 13.1. The first kappa shape index (κ1) is 25.2. The predicted octanol–water partition coefficient (Wildman–Crippen LogP) is 5.55. The zero-order chi connectivity index (χ0) is 24.8. The Kier molecular flexibility index (Phi) is 8.26. The van der Waals surface area contributed by atoms with E-state index in [9.17, 15) is 9.59 Å². The van der Waals surface area contributed by atoms with Gasteiger partial charge in [0.15, 0.2) is 11.5 Å². The third-order valence-corrected chi connectivity index (χ3v) is 5.76. The summed E-state index contributed by atoms with van der Waals surface area (Å²) in [5.74, 6) is 1.00. The number of amides is 2. The fraction of sp³-hybridized carbons (Fsp3) is 0.462. The molecule has 0 fully saturated rings. The first-order valence-corrected chi connectivity index (χ1v) is 11.5. The standard InChI is InChI=1S/C26H34N2O6/c1-7-33-25(29)27(16-19-11-9-8-10-12-19)21-13-18(4)28(26(30)34-17(2)3)22-15-24(32-6)23(31-5)14-20(21)22/h8-12,14-15,17-18,21H,7,13,16H2,1-6H3. The molecule has 184 valence electrons. The maximum absolute atomic E-state index is 13.1. The van der Waals surface area contributed by atoms with Gasteiger partial charge in [-0.05, 0) is 45.7 Å². The molecule has 3 rings (SSSR count). The van der Waals surface area contributed by atoms with Crippen molar-refractivity contribution in [3.05, 3.63) is 53.6 Å². The van der Waals surface area contributed by atoms with Crippen LogP contribution in [-0.2, 0) is 16.0 Å². The number of nitrogens with zero attached hydrogens (tertiary/aromatic N) is 2. The minimum absolute atomic E-state index is 0.241. The van der Waals surface area contributed by atoms with Crippen molar-refractivity contribution in [2.24, 2.45) is 0 Å². The Bertz CT molecular complexity index is 994. The highest BCUT2D eigenvalue weighted by atomic mass is 16.6. The molecule has 0 aliphatic carbocycles. The highest BCUT2D eigenvalue weighted by molar-refractivity contribution is 5.91. The largest absolute Gasteiger partial charge is 0.493 e. The molecule has 1 aliphatic rings. The number of carbonyl (C=O) groups excluding carboxylic acids is 2. The second-order valence-corrected chi connectivity index (χ2v) is 8.48. The van der Waals surface area contributed by atoms with E-state index in [1.165, 1.54) is 0 Å². The van der Waals surface area contributed by atoms with Gasteiger partial charge in [-0.15, -0.1) is 0 Å². The zero-order valence-corrected chi connectivity index (χ0v) is 20.7. The van der Waals surface area contributed by atoms with E-state index in [0.717, 1.165) is 11.1 Å². The maximum Gasteiger partial charge on any atom is 0.414 e. The van der Waals surface area contributed by atoms with Gasteiger partial charge in [-0.2, -0.15) is 0 Å². The number of anilines is 1. The molecule has 2 unspecified atom stereocenters. The van der Waals surface area contributed by atoms with Crippen LogP contribution in [0.25, 0.3) is 0 Å². The van der Waals surface area contributed by atoms with E-state index in [-0.39, 0.29) is 24.8 Å². The number of hydrogen-bond donors (Lipinski definition) is 0. The van der Waals surface area contributed by atoms with E-state index in [0.29, 0.717) is 30.2 Å². The first-order valence-electron chi connectivity index (χ1n) is 11.5. The minimum atomic E-state index is -0.444. The van der Waals surface area contributed by atoms with Crippen LogP contribution in [0.15, 0.2) is 42.5 Å². The molecule has 0 saturated carbocycles. The van der Waals surface area contributed by atoms with E-state index in [1.807, 2.05) is 57.2 Å². The van der Waals surface area contributed by atoms with Crippen LogP contribution in [0.5, 0.6) is 11.5 Å². The van der Waals surface area contributed by atoms with Gasteiger partial charge in [0.1, 0.15) is 0 Å². The Morgan fingerprint density at radius 1 is 1.09 bits per heavy atom. The Hall–Kier alpha value is -3.42. The van der Waals surface area contributed by atoms with E-state index < -0.39 is 12.2 Å². The van der Waals surface area contributed by atoms with Gasteiger partial charge < -0.3 is 18.9 Å². The summed E-state index contributed by atoms with van der Waals surface area (Å²) in [5, 5.41) is 0. The summed E-state index contributed by atoms with van der Waals surface area (Å²) < 4.78 is 22.0. The first-order chi connectivity index (χ1) is 16.3. The summed E-state index contributed by atoms with van der Waals surface area (Å²) in [6, 6.07) is 12.8. The van der Waals surface area contributed by atoms with E-state index in [1.54, 1.807) is 37.0 Å². The van der Waals surface area contributed by atoms with Gasteiger partial charge in [-0.1, -0.05) is 30.3 Å². The molecule has 34 heavy (non-hydrogen) atoms. The molecule has 0 spiro atoms. The van der Waals surface area contributed by atoms with Gasteiger partial charge in [0, 0.05) is 24.2 Å². The molecule has 0 radical (unpaired) electrons. The fourth-order valence-corrected chi connectivity index (χ4v) is 4.27. The van der Waals surface area contributed by atoms with Gasteiger partial charge in [-0.25, -0.2) is 9.59 Å². The van der Waals surface area contributed by atoms with Crippen molar-refractivity contribution in [3.63, 3.8) is 0 Å². The SMILES string of the molecule is CCOC(=O)N(Cc1ccccc1)C1CC(C)N(C(=O)OC(C)C)c2cc(OC)c(OC)cc21. The van der Waals surface area contributed by atoms with Crippen molar-refractivity contribution < 1.29 is 28.5 Å². The van der Waals surface area contributed by atoms with Gasteiger partial charge in [0.05, 0.1) is 38.7 Å². The van der Waals surface area contributed by atoms with Crippen molar-refractivity contribution in [1.29, 1.82) is 0 Å². The second-order valence-electron chi connectivity index (χ2n) is 8.48. The molecule has 0 N–H and O–H groups in total. The third-order valence-electron chi connectivity index (χ3n) is 5.76. The molecule has 2 atom stereocenters. The Morgan fingerprint density at radius 3 is 2.32 bits per heavy atom. The molecule has 0 saturated heterocycles. The lowest BCUT2D eigenvalue weighted by Gasteiger charge is -2.43. The van der Waals surface area contributed by atoms with Crippen molar-refractivity contribution in [1.82, 2.24) is 4.90 Å². The number of carbonyl (C=O) groups is 2. The normalized spacial score (nSPS) is 17.1. The van der Waals surface area contributed by atoms with Gasteiger partial charge in [0.2, 0.25) is 0 Å². The van der Waals surface area contributed by atoms with Crippen molar-refractivity contribution in [2.45, 2.75) is 58.8 Å². The predicted molar refractivity (Wildman–Crippen MR) is 129 cm³/mol. The molecular weight excluding hydrogens is 436 g/mol. The minimum Gasteiger partial charge on any atom is -0.493 e. The van der Waals surface area contributed by atoms with Gasteiger partial charge >= 0.3 is 12.2 Å². The van der Waals surface area contributed by atoms with E-state index in [2.05, 4.69) is 0 Å². The van der Waals surface area contributed by atoms with Crippen molar-refractivity contribution in [3.8, 4) is 11.5 Å². The van der Waals surface area contributed by atoms with Crippen molar-refractivity contribution in [2.75, 3.05) is 25.7 Å². The monoisotopic (exact) mass is 470 g/mol. The smallest absolute Gasteiger partial charge is 0.414 e. The average Bonchev–Trinajstić information content (AvgIpc) is 2.81. The number of hydrogen-bond acceptors (Lipinski definition) is 6. The second kappa shape index (κ2) is 11.1. The van der Waals surface area contributed by atoms with Crippen LogP contribution in [0.1, 0.15) is 51.3 Å². The molecule has 2 aromatic carbocycles. The number of ether oxygens (including phenoxy) is 4. The Balaban J connectivity index is 2.14. The van der Waals surface area contributed by atoms with Crippen LogP contribution >= 0.6 is 0 Å². The molecule has 1 heterocycles. The molecular formula is C26H34N2O6. The van der Waals surface area contributed by atoms with Crippen LogP contribution < -0.4 is 14.4 Å². The lowest BCUT2D eigenvalue weighted by Crippen LogP contribution is -2.48.